The number of aromatic carboxylic acids is 1. The molecule has 2 aromatic rings. The zero-order valence-corrected chi connectivity index (χ0v) is 10.5. The van der Waals surface area contributed by atoms with E-state index in [1.54, 1.807) is 0 Å². The van der Waals surface area contributed by atoms with Gasteiger partial charge in [-0.25, -0.2) is 14.8 Å². The molecule has 0 aliphatic rings. The van der Waals surface area contributed by atoms with Gasteiger partial charge in [0, 0.05) is 6.20 Å². The van der Waals surface area contributed by atoms with Gasteiger partial charge in [-0.05, 0) is 35.4 Å². The summed E-state index contributed by atoms with van der Waals surface area (Å²) in [6.45, 7) is 0. The molecule has 5 nitrogen and oxygen atoms in total. The molecule has 0 spiro atoms. The van der Waals surface area contributed by atoms with E-state index in [0.717, 1.165) is 11.8 Å². The first-order valence-electron chi connectivity index (χ1n) is 4.64. The van der Waals surface area contributed by atoms with Crippen molar-refractivity contribution in [1.82, 2.24) is 14.3 Å². The number of nitrogens with zero attached hydrogens (tertiary/aromatic N) is 3. The summed E-state index contributed by atoms with van der Waals surface area (Å²) in [6.07, 6.45) is -3.33. The second-order valence-electron chi connectivity index (χ2n) is 3.17. The van der Waals surface area contributed by atoms with Crippen LogP contribution in [-0.4, -0.2) is 25.4 Å². The Morgan fingerprint density at radius 2 is 2.16 bits per heavy atom. The number of rotatable bonds is 3. The van der Waals surface area contributed by atoms with Crippen molar-refractivity contribution in [3.05, 3.63) is 29.7 Å². The van der Waals surface area contributed by atoms with E-state index < -0.39 is 18.0 Å². The molecule has 10 heteroatoms. The van der Waals surface area contributed by atoms with E-state index in [2.05, 4.69) is 14.3 Å². The molecule has 2 aromatic heterocycles. The van der Waals surface area contributed by atoms with Crippen molar-refractivity contribution in [2.75, 3.05) is 0 Å². The van der Waals surface area contributed by atoms with Crippen LogP contribution in [0.3, 0.4) is 0 Å². The summed E-state index contributed by atoms with van der Waals surface area (Å²) in [5.41, 5.74) is -0.00180. The van der Waals surface area contributed by atoms with Crippen LogP contribution in [0, 0.1) is 0 Å². The van der Waals surface area contributed by atoms with E-state index in [-0.39, 0.29) is 14.9 Å². The SMILES string of the molecule is O=C(O)c1ccnc(Sc2nc(C(F)(F)F)ns2)c1. The van der Waals surface area contributed by atoms with Crippen molar-refractivity contribution < 1.29 is 23.1 Å². The maximum absolute atomic E-state index is 12.3. The third-order valence-electron chi connectivity index (χ3n) is 1.83. The summed E-state index contributed by atoms with van der Waals surface area (Å²) < 4.78 is 40.1. The van der Waals surface area contributed by atoms with E-state index in [1.807, 2.05) is 0 Å². The van der Waals surface area contributed by atoms with Gasteiger partial charge >= 0.3 is 12.1 Å². The van der Waals surface area contributed by atoms with Gasteiger partial charge in [-0.3, -0.25) is 0 Å². The van der Waals surface area contributed by atoms with Crippen molar-refractivity contribution in [3.8, 4) is 0 Å². The number of alkyl halides is 3. The Bertz CT molecular complexity index is 615. The fourth-order valence-corrected chi connectivity index (χ4v) is 2.62. The van der Waals surface area contributed by atoms with Gasteiger partial charge in [0.25, 0.3) is 0 Å². The van der Waals surface area contributed by atoms with E-state index in [4.69, 9.17) is 5.11 Å². The van der Waals surface area contributed by atoms with Gasteiger partial charge in [-0.2, -0.15) is 17.5 Å². The van der Waals surface area contributed by atoms with Gasteiger partial charge in [0.2, 0.25) is 5.82 Å². The van der Waals surface area contributed by atoms with E-state index >= 15 is 0 Å². The number of pyridine rings is 1. The number of hydrogen-bond donors (Lipinski definition) is 1. The Hall–Kier alpha value is -1.68. The molecule has 19 heavy (non-hydrogen) atoms. The van der Waals surface area contributed by atoms with Crippen molar-refractivity contribution >= 4 is 29.3 Å². The maximum Gasteiger partial charge on any atom is 0.452 e. The number of carboxylic acids is 1. The lowest BCUT2D eigenvalue weighted by molar-refractivity contribution is -0.144. The minimum Gasteiger partial charge on any atom is -0.478 e. The molecule has 0 unspecified atom stereocenters. The van der Waals surface area contributed by atoms with Gasteiger partial charge < -0.3 is 5.11 Å². The average Bonchev–Trinajstić information content (AvgIpc) is 2.77. The zero-order chi connectivity index (χ0) is 14.0. The van der Waals surface area contributed by atoms with Gasteiger partial charge in [0.15, 0.2) is 4.34 Å². The fourth-order valence-electron chi connectivity index (χ4n) is 1.05. The topological polar surface area (TPSA) is 76.0 Å². The summed E-state index contributed by atoms with van der Waals surface area (Å²) >= 11 is 1.41. The predicted octanol–water partition coefficient (Wildman–Crippen LogP) is 2.80. The highest BCUT2D eigenvalue weighted by atomic mass is 32.2. The second-order valence-corrected chi connectivity index (χ2v) is 5.19. The first kappa shape index (κ1) is 13.7. The Morgan fingerprint density at radius 3 is 2.74 bits per heavy atom. The van der Waals surface area contributed by atoms with E-state index in [1.165, 1.54) is 18.3 Å². The predicted molar refractivity (Wildman–Crippen MR) is 60.2 cm³/mol. The Labute approximate surface area is 112 Å². The molecule has 0 aliphatic heterocycles. The lowest BCUT2D eigenvalue weighted by Gasteiger charge is -1.99. The maximum atomic E-state index is 12.3. The third kappa shape index (κ3) is 3.41. The largest absolute Gasteiger partial charge is 0.478 e. The molecule has 0 saturated heterocycles. The summed E-state index contributed by atoms with van der Waals surface area (Å²) in [6, 6.07) is 2.54. The van der Waals surface area contributed by atoms with Crippen LogP contribution in [0.5, 0.6) is 0 Å². The molecule has 0 bridgehead atoms. The normalized spacial score (nSPS) is 11.5. The molecule has 0 aliphatic carbocycles. The fraction of sp³-hybridized carbons (Fsp3) is 0.111. The number of aromatic nitrogens is 3. The lowest BCUT2D eigenvalue weighted by atomic mass is 10.3. The van der Waals surface area contributed by atoms with Crippen molar-refractivity contribution in [2.45, 2.75) is 15.5 Å². The van der Waals surface area contributed by atoms with E-state index in [9.17, 15) is 18.0 Å². The summed E-state index contributed by atoms with van der Waals surface area (Å²) in [7, 11) is 0. The molecule has 100 valence electrons. The molecule has 0 aromatic carbocycles. The summed E-state index contributed by atoms with van der Waals surface area (Å²) in [5.74, 6) is -2.35. The molecule has 0 amide bonds. The molecule has 2 rings (SSSR count). The minimum absolute atomic E-state index is 0.00180. The molecule has 0 atom stereocenters. The molecule has 1 N–H and O–H groups in total. The molecule has 0 fully saturated rings. The minimum atomic E-state index is -4.59. The second kappa shape index (κ2) is 5.13. The number of hydrogen-bond acceptors (Lipinski definition) is 6. The van der Waals surface area contributed by atoms with Crippen LogP contribution in [0.25, 0.3) is 0 Å². The molecular formula is C9H4F3N3O2S2. The zero-order valence-electron chi connectivity index (χ0n) is 8.88. The van der Waals surface area contributed by atoms with Crippen LogP contribution in [-0.2, 0) is 6.18 Å². The summed E-state index contributed by atoms with van der Waals surface area (Å²) in [4.78, 5) is 17.9. The van der Waals surface area contributed by atoms with Crippen LogP contribution in [0.1, 0.15) is 16.2 Å². The van der Waals surface area contributed by atoms with Gasteiger partial charge in [-0.1, -0.05) is 0 Å². The first-order valence-corrected chi connectivity index (χ1v) is 6.23. The quantitative estimate of drug-likeness (QED) is 0.939. The van der Waals surface area contributed by atoms with Gasteiger partial charge in [-0.15, -0.1) is 0 Å². The molecular weight excluding hydrogens is 303 g/mol. The number of carbonyl (C=O) groups is 1. The standard InChI is InChI=1S/C9H4F3N3O2S2/c10-9(11,12)7-14-8(19-15-7)18-5-3-4(6(16)17)1-2-13-5/h1-3H,(H,16,17). The monoisotopic (exact) mass is 307 g/mol. The highest BCUT2D eigenvalue weighted by molar-refractivity contribution is 8.00. The first-order chi connectivity index (χ1) is 8.86. The van der Waals surface area contributed by atoms with Crippen molar-refractivity contribution in [1.29, 1.82) is 0 Å². The third-order valence-corrected chi connectivity index (χ3v) is 3.52. The van der Waals surface area contributed by atoms with Crippen LogP contribution in [0.15, 0.2) is 27.7 Å². The Kier molecular flexibility index (Phi) is 3.71. The highest BCUT2D eigenvalue weighted by Crippen LogP contribution is 2.33. The highest BCUT2D eigenvalue weighted by Gasteiger charge is 2.36. The summed E-state index contributed by atoms with van der Waals surface area (Å²) in [5, 5.41) is 9.02. The molecule has 0 saturated carbocycles. The average molecular weight is 307 g/mol. The van der Waals surface area contributed by atoms with Gasteiger partial charge in [0.1, 0.15) is 5.03 Å². The number of halogens is 3. The van der Waals surface area contributed by atoms with Crippen molar-refractivity contribution in [3.63, 3.8) is 0 Å². The molecule has 2 heterocycles. The lowest BCUT2D eigenvalue weighted by Crippen LogP contribution is -2.06. The van der Waals surface area contributed by atoms with Crippen LogP contribution < -0.4 is 0 Å². The molecule has 0 radical (unpaired) electrons. The Balaban J connectivity index is 2.19. The van der Waals surface area contributed by atoms with Crippen LogP contribution in [0.4, 0.5) is 13.2 Å². The number of carboxylic acid groups (broad SMARTS) is 1. The van der Waals surface area contributed by atoms with Crippen LogP contribution in [0.2, 0.25) is 0 Å². The van der Waals surface area contributed by atoms with Crippen molar-refractivity contribution in [2.24, 2.45) is 0 Å². The smallest absolute Gasteiger partial charge is 0.452 e. The Morgan fingerprint density at radius 1 is 1.42 bits per heavy atom. The van der Waals surface area contributed by atoms with Gasteiger partial charge in [0.05, 0.1) is 5.56 Å². The van der Waals surface area contributed by atoms with E-state index in [0.29, 0.717) is 11.5 Å². The van der Waals surface area contributed by atoms with Crippen LogP contribution >= 0.6 is 23.3 Å².